The zero-order chi connectivity index (χ0) is 19.9. The van der Waals surface area contributed by atoms with Gasteiger partial charge in [0.15, 0.2) is 11.5 Å². The van der Waals surface area contributed by atoms with Crippen LogP contribution in [0.4, 0.5) is 5.69 Å². The second-order valence-electron chi connectivity index (χ2n) is 5.67. The van der Waals surface area contributed by atoms with Crippen molar-refractivity contribution in [3.63, 3.8) is 0 Å². The molecule has 27 heavy (non-hydrogen) atoms. The molecule has 1 amide bonds. The van der Waals surface area contributed by atoms with Crippen molar-refractivity contribution < 1.29 is 22.7 Å². The Morgan fingerprint density at radius 2 is 1.96 bits per heavy atom. The highest BCUT2D eigenvalue weighted by Crippen LogP contribution is 2.28. The van der Waals surface area contributed by atoms with Crippen LogP contribution in [-0.4, -0.2) is 28.0 Å². The number of hydrogen-bond acceptors (Lipinski definition) is 5. The van der Waals surface area contributed by atoms with Crippen LogP contribution in [-0.2, 0) is 20.6 Å². The molecule has 0 saturated carbocycles. The van der Waals surface area contributed by atoms with E-state index in [-0.39, 0.29) is 11.7 Å². The number of methoxy groups -OCH3 is 1. The van der Waals surface area contributed by atoms with Crippen LogP contribution in [0.15, 0.2) is 48.5 Å². The molecular formula is C19H22N2O5S. The number of benzene rings is 2. The normalized spacial score (nSPS) is 11.4. The van der Waals surface area contributed by atoms with E-state index < -0.39 is 10.0 Å². The predicted octanol–water partition coefficient (Wildman–Crippen LogP) is 2.53. The average Bonchev–Trinajstić information content (AvgIpc) is 2.60. The first kappa shape index (κ1) is 20.5. The highest BCUT2D eigenvalue weighted by atomic mass is 32.2. The maximum absolute atomic E-state index is 12.1. The molecule has 2 rings (SSSR count). The van der Waals surface area contributed by atoms with Crippen LogP contribution in [0.3, 0.4) is 0 Å². The fourth-order valence-corrected chi connectivity index (χ4v) is 3.03. The van der Waals surface area contributed by atoms with Crippen LogP contribution in [0.1, 0.15) is 18.1 Å². The van der Waals surface area contributed by atoms with Gasteiger partial charge < -0.3 is 14.8 Å². The van der Waals surface area contributed by atoms with Crippen LogP contribution in [0.25, 0.3) is 6.08 Å². The zero-order valence-corrected chi connectivity index (χ0v) is 16.0. The van der Waals surface area contributed by atoms with Gasteiger partial charge in [-0.2, -0.15) is 0 Å². The van der Waals surface area contributed by atoms with Crippen LogP contribution in [0.2, 0.25) is 0 Å². The molecule has 0 aromatic heterocycles. The Hall–Kier alpha value is -2.84. The molecule has 0 saturated heterocycles. The van der Waals surface area contributed by atoms with E-state index in [1.165, 1.54) is 6.08 Å². The summed E-state index contributed by atoms with van der Waals surface area (Å²) in [6.07, 6.45) is 3.02. The third-order valence-corrected chi connectivity index (χ3v) is 4.21. The first-order valence-electron chi connectivity index (χ1n) is 8.20. The van der Waals surface area contributed by atoms with E-state index >= 15 is 0 Å². The Bertz CT molecular complexity index is 939. The molecule has 0 spiro atoms. The lowest BCUT2D eigenvalue weighted by molar-refractivity contribution is -0.111. The van der Waals surface area contributed by atoms with E-state index in [0.717, 1.165) is 5.56 Å². The molecule has 144 valence electrons. The smallest absolute Gasteiger partial charge is 0.248 e. The maximum Gasteiger partial charge on any atom is 0.248 e. The van der Waals surface area contributed by atoms with Gasteiger partial charge in [-0.15, -0.1) is 0 Å². The minimum atomic E-state index is -3.63. The summed E-state index contributed by atoms with van der Waals surface area (Å²) in [6, 6.07) is 11.9. The molecule has 0 unspecified atom stereocenters. The van der Waals surface area contributed by atoms with Crippen molar-refractivity contribution in [2.45, 2.75) is 12.7 Å². The molecule has 0 atom stereocenters. The number of amides is 1. The topological polar surface area (TPSA) is 108 Å². The largest absolute Gasteiger partial charge is 0.493 e. The molecule has 0 radical (unpaired) electrons. The number of ether oxygens (including phenoxy) is 2. The summed E-state index contributed by atoms with van der Waals surface area (Å²) >= 11 is 0. The minimum absolute atomic E-state index is 0.293. The number of anilines is 1. The lowest BCUT2D eigenvalue weighted by atomic mass is 10.2. The van der Waals surface area contributed by atoms with E-state index in [2.05, 4.69) is 5.32 Å². The van der Waals surface area contributed by atoms with Crippen molar-refractivity contribution in [1.29, 1.82) is 0 Å². The standard InChI is InChI=1S/C19H22N2O5S/c1-3-26-17-9-7-14(12-18(17)25-2)8-10-19(22)21-16-6-4-5-15(11-16)13-27(20,23)24/h4-12H,3,13H2,1-2H3,(H,21,22)(H2,20,23,24)/b10-8+. The number of hydrogen-bond donors (Lipinski definition) is 2. The van der Waals surface area contributed by atoms with Gasteiger partial charge in [0.25, 0.3) is 0 Å². The summed E-state index contributed by atoms with van der Waals surface area (Å²) in [7, 11) is -2.08. The molecular weight excluding hydrogens is 368 g/mol. The van der Waals surface area contributed by atoms with Crippen molar-refractivity contribution in [2.24, 2.45) is 5.14 Å². The predicted molar refractivity (Wildman–Crippen MR) is 105 cm³/mol. The quantitative estimate of drug-likeness (QED) is 0.674. The van der Waals surface area contributed by atoms with Crippen LogP contribution in [0, 0.1) is 0 Å². The Morgan fingerprint density at radius 3 is 2.63 bits per heavy atom. The molecule has 2 aromatic rings. The summed E-state index contributed by atoms with van der Waals surface area (Å²) in [4.78, 5) is 12.1. The van der Waals surface area contributed by atoms with Crippen molar-refractivity contribution in [2.75, 3.05) is 19.0 Å². The first-order valence-corrected chi connectivity index (χ1v) is 9.91. The summed E-state index contributed by atoms with van der Waals surface area (Å²) < 4.78 is 33.1. The number of carbonyl (C=O) groups excluding carboxylic acids is 1. The molecule has 0 bridgehead atoms. The van der Waals surface area contributed by atoms with Gasteiger partial charge in [0.2, 0.25) is 15.9 Å². The molecule has 3 N–H and O–H groups in total. The molecule has 8 heteroatoms. The third kappa shape index (κ3) is 6.76. The lowest BCUT2D eigenvalue weighted by Crippen LogP contribution is -2.15. The van der Waals surface area contributed by atoms with Gasteiger partial charge in [-0.3, -0.25) is 4.79 Å². The number of nitrogens with two attached hydrogens (primary N) is 1. The summed E-state index contributed by atoms with van der Waals surface area (Å²) in [6.45, 7) is 2.41. The molecule has 0 aliphatic rings. The van der Waals surface area contributed by atoms with E-state index in [9.17, 15) is 13.2 Å². The number of primary sulfonamides is 1. The molecule has 7 nitrogen and oxygen atoms in total. The van der Waals surface area contributed by atoms with Crippen molar-refractivity contribution in [3.8, 4) is 11.5 Å². The van der Waals surface area contributed by atoms with E-state index in [0.29, 0.717) is 29.4 Å². The van der Waals surface area contributed by atoms with E-state index in [1.807, 2.05) is 13.0 Å². The summed E-state index contributed by atoms with van der Waals surface area (Å²) in [5, 5.41) is 7.72. The Labute approximate surface area is 158 Å². The number of nitrogens with one attached hydrogen (secondary N) is 1. The van der Waals surface area contributed by atoms with Gasteiger partial charge in [0.05, 0.1) is 19.5 Å². The molecule has 0 aliphatic heterocycles. The monoisotopic (exact) mass is 390 g/mol. The van der Waals surface area contributed by atoms with Crippen LogP contribution < -0.4 is 19.9 Å². The highest BCUT2D eigenvalue weighted by molar-refractivity contribution is 7.88. The van der Waals surface area contributed by atoms with Gasteiger partial charge in [0.1, 0.15) is 0 Å². The Kier molecular flexibility index (Phi) is 6.98. The van der Waals surface area contributed by atoms with Crippen LogP contribution in [0.5, 0.6) is 11.5 Å². The minimum Gasteiger partial charge on any atom is -0.493 e. The number of rotatable bonds is 8. The SMILES string of the molecule is CCOc1ccc(/C=C/C(=O)Nc2cccc(CS(N)(=O)=O)c2)cc1OC. The van der Waals surface area contributed by atoms with Gasteiger partial charge in [-0.25, -0.2) is 13.6 Å². The zero-order valence-electron chi connectivity index (χ0n) is 15.1. The summed E-state index contributed by atoms with van der Waals surface area (Å²) in [5.41, 5.74) is 1.75. The van der Waals surface area contributed by atoms with Crippen molar-refractivity contribution in [1.82, 2.24) is 0 Å². The Balaban J connectivity index is 2.06. The fourth-order valence-electron chi connectivity index (χ4n) is 2.39. The van der Waals surface area contributed by atoms with Crippen molar-refractivity contribution >= 4 is 27.7 Å². The van der Waals surface area contributed by atoms with Gasteiger partial charge in [-0.1, -0.05) is 18.2 Å². The molecule has 0 heterocycles. The highest BCUT2D eigenvalue weighted by Gasteiger charge is 2.07. The summed E-state index contributed by atoms with van der Waals surface area (Å²) in [5.74, 6) is 0.567. The molecule has 0 fully saturated rings. The number of sulfonamides is 1. The number of carbonyl (C=O) groups is 1. The van der Waals surface area contributed by atoms with Crippen LogP contribution >= 0.6 is 0 Å². The molecule has 2 aromatic carbocycles. The maximum atomic E-state index is 12.1. The average molecular weight is 390 g/mol. The second kappa shape index (κ2) is 9.20. The second-order valence-corrected chi connectivity index (χ2v) is 7.29. The van der Waals surface area contributed by atoms with E-state index in [1.54, 1.807) is 49.6 Å². The Morgan fingerprint density at radius 1 is 1.19 bits per heavy atom. The van der Waals surface area contributed by atoms with Crippen molar-refractivity contribution in [3.05, 3.63) is 59.7 Å². The fraction of sp³-hybridized carbons (Fsp3) is 0.211. The first-order chi connectivity index (χ1) is 12.8. The third-order valence-electron chi connectivity index (χ3n) is 3.48. The van der Waals surface area contributed by atoms with Gasteiger partial charge >= 0.3 is 0 Å². The van der Waals surface area contributed by atoms with Gasteiger partial charge in [-0.05, 0) is 48.4 Å². The van der Waals surface area contributed by atoms with Gasteiger partial charge in [0, 0.05) is 11.8 Å². The van der Waals surface area contributed by atoms with E-state index in [4.69, 9.17) is 14.6 Å². The molecule has 0 aliphatic carbocycles. The lowest BCUT2D eigenvalue weighted by Gasteiger charge is -2.09.